The first-order valence-electron chi connectivity index (χ1n) is 10.9. The molecule has 1 aromatic rings. The third kappa shape index (κ3) is 2.79. The summed E-state index contributed by atoms with van der Waals surface area (Å²) in [6.07, 6.45) is 0.138. The van der Waals surface area contributed by atoms with Crippen LogP contribution in [0.15, 0.2) is 23.3 Å². The van der Waals surface area contributed by atoms with E-state index in [1.807, 2.05) is 26.8 Å². The number of rotatable bonds is 2. The van der Waals surface area contributed by atoms with Crippen LogP contribution < -0.4 is 0 Å². The number of carbonyl (C=O) groups excluding carboxylic acids is 2. The summed E-state index contributed by atoms with van der Waals surface area (Å²) in [5.41, 5.74) is -1.93. The highest BCUT2D eigenvalue weighted by molar-refractivity contribution is 5.72. The van der Waals surface area contributed by atoms with Crippen molar-refractivity contribution in [3.05, 3.63) is 30.2 Å². The summed E-state index contributed by atoms with van der Waals surface area (Å²) in [5.74, 6) is -1.03. The molecule has 0 aliphatic heterocycles. The monoisotopic (exact) mass is 432 g/mol. The SMILES string of the molecule is C=C1c2ccoc2C[C@H]2[C@H]1[C@@H](OC(C)=O)[C@@H](O)[C@@]1(O)C(C)(C)CC[C@H](OC(C)=O)[C@]21C. The lowest BCUT2D eigenvalue weighted by Crippen LogP contribution is -2.79. The van der Waals surface area contributed by atoms with Gasteiger partial charge in [-0.2, -0.15) is 0 Å². The standard InChI is InChI=1S/C24H32O7/c1-12-15-8-10-29-17(15)11-16-19(12)20(31-14(3)26)21(27)24(28)22(4,5)9-7-18(23(16,24)6)30-13(2)25/h8,10,16,18-21,27-28H,1,7,9,11H2,2-6H3/t16-,18-,19-,20+,21+,23-,24+/m0/s1. The quantitative estimate of drug-likeness (QED) is 0.692. The van der Waals surface area contributed by atoms with Gasteiger partial charge in [0.2, 0.25) is 0 Å². The van der Waals surface area contributed by atoms with Gasteiger partial charge < -0.3 is 24.1 Å². The van der Waals surface area contributed by atoms with E-state index in [4.69, 9.17) is 13.9 Å². The van der Waals surface area contributed by atoms with E-state index in [0.717, 1.165) is 11.3 Å². The molecule has 170 valence electrons. The van der Waals surface area contributed by atoms with E-state index in [0.29, 0.717) is 24.8 Å². The Morgan fingerprint density at radius 3 is 2.45 bits per heavy atom. The predicted molar refractivity (Wildman–Crippen MR) is 112 cm³/mol. The number of fused-ring (bicyclic) bond motifs is 4. The molecule has 0 spiro atoms. The van der Waals surface area contributed by atoms with E-state index in [-0.39, 0.29) is 5.92 Å². The van der Waals surface area contributed by atoms with Crippen molar-refractivity contribution in [2.24, 2.45) is 22.7 Å². The number of aliphatic hydroxyl groups excluding tert-OH is 1. The second-order valence-corrected chi connectivity index (χ2v) is 10.2. The summed E-state index contributed by atoms with van der Waals surface area (Å²) < 4.78 is 17.1. The highest BCUT2D eigenvalue weighted by Gasteiger charge is 2.75. The van der Waals surface area contributed by atoms with Gasteiger partial charge in [-0.15, -0.1) is 0 Å². The number of ether oxygens (including phenoxy) is 2. The van der Waals surface area contributed by atoms with Gasteiger partial charge in [0, 0.05) is 37.2 Å². The van der Waals surface area contributed by atoms with Crippen LogP contribution in [-0.4, -0.2) is 46.1 Å². The maximum Gasteiger partial charge on any atom is 0.303 e. The minimum Gasteiger partial charge on any atom is -0.469 e. The first-order valence-corrected chi connectivity index (χ1v) is 10.9. The third-order valence-corrected chi connectivity index (χ3v) is 8.36. The normalized spacial score (nSPS) is 40.9. The summed E-state index contributed by atoms with van der Waals surface area (Å²) in [7, 11) is 0. The predicted octanol–water partition coefficient (Wildman–Crippen LogP) is 2.88. The molecule has 1 aromatic heterocycles. The van der Waals surface area contributed by atoms with Gasteiger partial charge in [0.05, 0.1) is 6.26 Å². The van der Waals surface area contributed by atoms with Crippen LogP contribution in [0.5, 0.6) is 0 Å². The summed E-state index contributed by atoms with van der Waals surface area (Å²) in [6, 6.07) is 1.82. The molecule has 7 heteroatoms. The van der Waals surface area contributed by atoms with E-state index >= 15 is 0 Å². The average Bonchev–Trinajstić information content (AvgIpc) is 3.14. The van der Waals surface area contributed by atoms with Crippen LogP contribution in [0.2, 0.25) is 0 Å². The number of furan rings is 1. The molecule has 0 amide bonds. The zero-order valence-corrected chi connectivity index (χ0v) is 18.8. The molecule has 0 aromatic carbocycles. The molecule has 0 radical (unpaired) electrons. The molecule has 7 nitrogen and oxygen atoms in total. The fraction of sp³-hybridized carbons (Fsp3) is 0.667. The smallest absolute Gasteiger partial charge is 0.303 e. The van der Waals surface area contributed by atoms with Crippen LogP contribution in [0.1, 0.15) is 58.8 Å². The van der Waals surface area contributed by atoms with Crippen LogP contribution >= 0.6 is 0 Å². The largest absolute Gasteiger partial charge is 0.469 e. The van der Waals surface area contributed by atoms with Crippen molar-refractivity contribution in [3.8, 4) is 0 Å². The second-order valence-electron chi connectivity index (χ2n) is 10.2. The van der Waals surface area contributed by atoms with Crippen LogP contribution in [0, 0.1) is 22.7 Å². The highest BCUT2D eigenvalue weighted by atomic mass is 16.6. The number of aliphatic hydroxyl groups is 2. The van der Waals surface area contributed by atoms with Gasteiger partial charge in [0.25, 0.3) is 0 Å². The van der Waals surface area contributed by atoms with Crippen molar-refractivity contribution >= 4 is 17.5 Å². The van der Waals surface area contributed by atoms with E-state index in [1.165, 1.54) is 13.8 Å². The first-order chi connectivity index (χ1) is 14.4. The number of hydrogen-bond donors (Lipinski definition) is 2. The molecule has 4 rings (SSSR count). The van der Waals surface area contributed by atoms with Gasteiger partial charge in [0.1, 0.15) is 29.7 Å². The lowest BCUT2D eigenvalue weighted by atomic mass is 9.39. The van der Waals surface area contributed by atoms with Crippen LogP contribution in [-0.2, 0) is 25.5 Å². The van der Waals surface area contributed by atoms with Gasteiger partial charge in [-0.1, -0.05) is 27.4 Å². The number of hydrogen-bond acceptors (Lipinski definition) is 7. The van der Waals surface area contributed by atoms with E-state index in [2.05, 4.69) is 6.58 Å². The van der Waals surface area contributed by atoms with Gasteiger partial charge in [-0.25, -0.2) is 0 Å². The zero-order valence-electron chi connectivity index (χ0n) is 18.8. The molecule has 7 atom stereocenters. The van der Waals surface area contributed by atoms with Crippen molar-refractivity contribution in [2.45, 2.75) is 77.8 Å². The summed E-state index contributed by atoms with van der Waals surface area (Å²) in [4.78, 5) is 24.0. The maximum atomic E-state index is 12.3. The molecule has 1 heterocycles. The van der Waals surface area contributed by atoms with Crippen molar-refractivity contribution in [1.29, 1.82) is 0 Å². The van der Waals surface area contributed by atoms with Crippen molar-refractivity contribution in [3.63, 3.8) is 0 Å². The summed E-state index contributed by atoms with van der Waals surface area (Å²) >= 11 is 0. The van der Waals surface area contributed by atoms with Crippen molar-refractivity contribution in [2.75, 3.05) is 0 Å². The fourth-order valence-electron chi connectivity index (χ4n) is 6.89. The average molecular weight is 433 g/mol. The van der Waals surface area contributed by atoms with Crippen molar-refractivity contribution < 1.29 is 33.7 Å². The molecule has 2 N–H and O–H groups in total. The molecule has 0 saturated heterocycles. The van der Waals surface area contributed by atoms with E-state index < -0.39 is 52.6 Å². The van der Waals surface area contributed by atoms with Crippen LogP contribution in [0.3, 0.4) is 0 Å². The molecular formula is C24H32O7. The Morgan fingerprint density at radius 2 is 1.84 bits per heavy atom. The molecule has 3 aliphatic rings. The number of carbonyl (C=O) groups is 2. The number of esters is 2. The van der Waals surface area contributed by atoms with Gasteiger partial charge in [-0.3, -0.25) is 9.59 Å². The molecular weight excluding hydrogens is 400 g/mol. The molecule has 3 aliphatic carbocycles. The van der Waals surface area contributed by atoms with Crippen molar-refractivity contribution in [1.82, 2.24) is 0 Å². The van der Waals surface area contributed by atoms with Crippen LogP contribution in [0.25, 0.3) is 5.57 Å². The molecule has 2 saturated carbocycles. The summed E-state index contributed by atoms with van der Waals surface area (Å²) in [6.45, 7) is 12.6. The molecule has 2 fully saturated rings. The minimum absolute atomic E-state index is 0.333. The molecule has 0 bridgehead atoms. The van der Waals surface area contributed by atoms with E-state index in [9.17, 15) is 19.8 Å². The summed E-state index contributed by atoms with van der Waals surface area (Å²) in [5, 5.41) is 24.0. The lowest BCUT2D eigenvalue weighted by molar-refractivity contribution is -0.330. The molecule has 31 heavy (non-hydrogen) atoms. The van der Waals surface area contributed by atoms with E-state index in [1.54, 1.807) is 6.26 Å². The van der Waals surface area contributed by atoms with Gasteiger partial charge >= 0.3 is 11.9 Å². The first kappa shape index (κ1) is 22.1. The van der Waals surface area contributed by atoms with Crippen LogP contribution in [0.4, 0.5) is 0 Å². The molecule has 0 unspecified atom stereocenters. The Kier molecular flexibility index (Phi) is 4.94. The topological polar surface area (TPSA) is 106 Å². The maximum absolute atomic E-state index is 12.3. The second kappa shape index (κ2) is 6.94. The zero-order chi connectivity index (χ0) is 22.9. The lowest BCUT2D eigenvalue weighted by Gasteiger charge is -2.69. The Morgan fingerprint density at radius 1 is 1.19 bits per heavy atom. The third-order valence-electron chi connectivity index (χ3n) is 8.36. The Hall–Kier alpha value is -2.12. The Bertz CT molecular complexity index is 930. The van der Waals surface area contributed by atoms with Gasteiger partial charge in [-0.05, 0) is 35.8 Å². The Balaban J connectivity index is 1.96. The Labute approximate surface area is 182 Å². The van der Waals surface area contributed by atoms with Gasteiger partial charge in [0.15, 0.2) is 0 Å². The minimum atomic E-state index is -1.69. The highest BCUT2D eigenvalue weighted by Crippen LogP contribution is 2.67. The fourth-order valence-corrected chi connectivity index (χ4v) is 6.89.